The van der Waals surface area contributed by atoms with Gasteiger partial charge in [0.25, 0.3) is 0 Å². The van der Waals surface area contributed by atoms with Gasteiger partial charge in [-0.2, -0.15) is 4.98 Å². The van der Waals surface area contributed by atoms with Crippen LogP contribution in [0.5, 0.6) is 5.88 Å². The highest BCUT2D eigenvalue weighted by atomic mass is 32.2. The number of hydrogen-bond donors (Lipinski definition) is 1. The Morgan fingerprint density at radius 1 is 1.27 bits per heavy atom. The highest BCUT2D eigenvalue weighted by Gasteiger charge is 2.17. The maximum absolute atomic E-state index is 12.3. The molecule has 0 spiro atoms. The lowest BCUT2D eigenvalue weighted by molar-refractivity contribution is 0.309. The van der Waals surface area contributed by atoms with E-state index in [4.69, 9.17) is 4.74 Å². The molecule has 1 fully saturated rings. The minimum atomic E-state index is -3.49. The largest absolute Gasteiger partial charge is 0.476 e. The van der Waals surface area contributed by atoms with Gasteiger partial charge in [0.05, 0.1) is 0 Å². The van der Waals surface area contributed by atoms with Gasteiger partial charge in [-0.3, -0.25) is 0 Å². The molecule has 0 atom stereocenters. The number of sulfonamides is 1. The normalized spacial score (nSPS) is 14.8. The molecule has 0 radical (unpaired) electrons. The summed E-state index contributed by atoms with van der Waals surface area (Å²) >= 11 is 1.29. The Hall–Kier alpha value is -1.71. The standard InChI is InChI=1S/C17H24N4O3S2/c1-3-14-6-7-17(25-14)26(22,23)18-8-11-24-16-12-15(19-13(2)20-16)21-9-4-5-10-21/h6-7,12,18H,3-5,8-11H2,1-2H3. The number of aromatic nitrogens is 2. The van der Waals surface area contributed by atoms with E-state index in [-0.39, 0.29) is 13.2 Å². The van der Waals surface area contributed by atoms with Gasteiger partial charge in [-0.1, -0.05) is 6.92 Å². The van der Waals surface area contributed by atoms with Gasteiger partial charge < -0.3 is 9.64 Å². The molecule has 1 aliphatic heterocycles. The Labute approximate surface area is 158 Å². The molecule has 3 rings (SSSR count). The van der Waals surface area contributed by atoms with E-state index in [1.807, 2.05) is 26.0 Å². The first-order chi connectivity index (χ1) is 12.5. The number of nitrogens with one attached hydrogen (secondary N) is 1. The van der Waals surface area contributed by atoms with Crippen molar-refractivity contribution in [2.45, 2.75) is 37.3 Å². The van der Waals surface area contributed by atoms with Crippen LogP contribution in [-0.4, -0.2) is 44.6 Å². The molecule has 2 aromatic rings. The van der Waals surface area contributed by atoms with Crippen molar-refractivity contribution in [3.05, 3.63) is 28.9 Å². The van der Waals surface area contributed by atoms with E-state index in [2.05, 4.69) is 19.6 Å². The van der Waals surface area contributed by atoms with Crippen molar-refractivity contribution in [3.63, 3.8) is 0 Å². The zero-order valence-corrected chi connectivity index (χ0v) is 16.7. The van der Waals surface area contributed by atoms with Crippen LogP contribution in [-0.2, 0) is 16.4 Å². The number of ether oxygens (including phenoxy) is 1. The second-order valence-corrected chi connectivity index (χ2v) is 9.29. The predicted octanol–water partition coefficient (Wildman–Crippen LogP) is 2.37. The van der Waals surface area contributed by atoms with Crippen molar-refractivity contribution >= 4 is 27.2 Å². The summed E-state index contributed by atoms with van der Waals surface area (Å²) in [5.74, 6) is 2.00. The zero-order valence-electron chi connectivity index (χ0n) is 15.1. The quantitative estimate of drug-likeness (QED) is 0.690. The van der Waals surface area contributed by atoms with Gasteiger partial charge in [0.2, 0.25) is 15.9 Å². The lowest BCUT2D eigenvalue weighted by Gasteiger charge is -2.17. The molecule has 142 valence electrons. The molecule has 2 aromatic heterocycles. The van der Waals surface area contributed by atoms with Crippen LogP contribution in [0.25, 0.3) is 0 Å². The first kappa shape index (κ1) is 19.1. The van der Waals surface area contributed by atoms with Gasteiger partial charge in [0, 0.05) is 30.6 Å². The molecule has 1 aliphatic rings. The van der Waals surface area contributed by atoms with Crippen molar-refractivity contribution in [2.75, 3.05) is 31.1 Å². The van der Waals surface area contributed by atoms with Gasteiger partial charge in [0.1, 0.15) is 22.5 Å². The van der Waals surface area contributed by atoms with E-state index < -0.39 is 10.0 Å². The smallest absolute Gasteiger partial charge is 0.250 e. The van der Waals surface area contributed by atoms with Gasteiger partial charge in [-0.15, -0.1) is 11.3 Å². The fraction of sp³-hybridized carbons (Fsp3) is 0.529. The van der Waals surface area contributed by atoms with Crippen LogP contribution in [0.4, 0.5) is 5.82 Å². The van der Waals surface area contributed by atoms with Crippen molar-refractivity contribution in [1.82, 2.24) is 14.7 Å². The Bertz CT molecular complexity index is 845. The molecule has 9 heteroatoms. The van der Waals surface area contributed by atoms with E-state index in [0.717, 1.165) is 30.2 Å². The summed E-state index contributed by atoms with van der Waals surface area (Å²) in [4.78, 5) is 12.0. The molecular formula is C17H24N4O3S2. The van der Waals surface area contributed by atoms with Gasteiger partial charge >= 0.3 is 0 Å². The Balaban J connectivity index is 1.54. The summed E-state index contributed by atoms with van der Waals surface area (Å²) in [7, 11) is -3.49. The van der Waals surface area contributed by atoms with Crippen molar-refractivity contribution in [1.29, 1.82) is 0 Å². The molecular weight excluding hydrogens is 372 g/mol. The fourth-order valence-corrected chi connectivity index (χ4v) is 5.16. The number of aryl methyl sites for hydroxylation is 2. The molecule has 26 heavy (non-hydrogen) atoms. The summed E-state index contributed by atoms with van der Waals surface area (Å²) in [6.45, 7) is 6.22. The monoisotopic (exact) mass is 396 g/mol. The molecule has 0 aromatic carbocycles. The molecule has 1 N–H and O–H groups in total. The predicted molar refractivity (Wildman–Crippen MR) is 103 cm³/mol. The molecule has 0 saturated carbocycles. The zero-order chi connectivity index (χ0) is 18.6. The third-order valence-electron chi connectivity index (χ3n) is 4.13. The van der Waals surface area contributed by atoms with E-state index in [0.29, 0.717) is 15.9 Å². The van der Waals surface area contributed by atoms with E-state index in [1.54, 1.807) is 6.07 Å². The minimum absolute atomic E-state index is 0.184. The summed E-state index contributed by atoms with van der Waals surface area (Å²) in [5, 5.41) is 0. The summed E-state index contributed by atoms with van der Waals surface area (Å²) in [6.07, 6.45) is 3.17. The number of hydrogen-bond acceptors (Lipinski definition) is 7. The highest BCUT2D eigenvalue weighted by molar-refractivity contribution is 7.91. The van der Waals surface area contributed by atoms with Crippen molar-refractivity contribution < 1.29 is 13.2 Å². The van der Waals surface area contributed by atoms with Crippen LogP contribution in [0.3, 0.4) is 0 Å². The third-order valence-corrected chi connectivity index (χ3v) is 7.31. The average Bonchev–Trinajstić information content (AvgIpc) is 3.29. The Kier molecular flexibility index (Phi) is 6.10. The number of thiophene rings is 1. The molecule has 1 saturated heterocycles. The first-order valence-electron chi connectivity index (χ1n) is 8.80. The van der Waals surface area contributed by atoms with E-state index in [9.17, 15) is 8.42 Å². The summed E-state index contributed by atoms with van der Waals surface area (Å²) in [6, 6.07) is 5.31. The van der Waals surface area contributed by atoms with Crippen LogP contribution in [0.1, 0.15) is 30.5 Å². The minimum Gasteiger partial charge on any atom is -0.476 e. The van der Waals surface area contributed by atoms with E-state index >= 15 is 0 Å². The molecule has 0 unspecified atom stereocenters. The summed E-state index contributed by atoms with van der Waals surface area (Å²) in [5.41, 5.74) is 0. The average molecular weight is 397 g/mol. The number of nitrogens with zero attached hydrogens (tertiary/aromatic N) is 3. The van der Waals surface area contributed by atoms with E-state index in [1.165, 1.54) is 24.2 Å². The molecule has 0 bridgehead atoms. The van der Waals surface area contributed by atoms with Gasteiger partial charge in [0.15, 0.2) is 0 Å². The van der Waals surface area contributed by atoms with Gasteiger partial charge in [-0.25, -0.2) is 18.1 Å². The molecule has 0 aliphatic carbocycles. The van der Waals surface area contributed by atoms with Crippen molar-refractivity contribution in [3.8, 4) is 5.88 Å². The topological polar surface area (TPSA) is 84.4 Å². The van der Waals surface area contributed by atoms with Crippen LogP contribution in [0.2, 0.25) is 0 Å². The first-order valence-corrected chi connectivity index (χ1v) is 11.1. The van der Waals surface area contributed by atoms with Crippen LogP contribution >= 0.6 is 11.3 Å². The van der Waals surface area contributed by atoms with Crippen LogP contribution in [0, 0.1) is 6.92 Å². The lowest BCUT2D eigenvalue weighted by atomic mass is 10.4. The third kappa shape index (κ3) is 4.72. The Morgan fingerprint density at radius 3 is 2.73 bits per heavy atom. The maximum Gasteiger partial charge on any atom is 0.250 e. The molecule has 3 heterocycles. The van der Waals surface area contributed by atoms with Crippen molar-refractivity contribution in [2.24, 2.45) is 0 Å². The summed E-state index contributed by atoms with van der Waals surface area (Å²) < 4.78 is 33.1. The van der Waals surface area contributed by atoms with Crippen LogP contribution < -0.4 is 14.4 Å². The number of anilines is 1. The second-order valence-electron chi connectivity index (χ2n) is 6.13. The second kappa shape index (κ2) is 8.32. The SMILES string of the molecule is CCc1ccc(S(=O)(=O)NCCOc2cc(N3CCCC3)nc(C)n2)s1. The van der Waals surface area contributed by atoms with Gasteiger partial charge in [-0.05, 0) is 38.3 Å². The molecule has 7 nitrogen and oxygen atoms in total. The molecule has 0 amide bonds. The fourth-order valence-electron chi connectivity index (χ4n) is 2.80. The lowest BCUT2D eigenvalue weighted by Crippen LogP contribution is -2.28. The van der Waals surface area contributed by atoms with Crippen LogP contribution in [0.15, 0.2) is 22.4 Å². The highest BCUT2D eigenvalue weighted by Crippen LogP contribution is 2.22. The maximum atomic E-state index is 12.3. The Morgan fingerprint density at radius 2 is 2.04 bits per heavy atom. The number of rotatable bonds is 8.